The molecule has 28 heavy (non-hydrogen) atoms. The molecule has 2 aromatic carbocycles. The van der Waals surface area contributed by atoms with E-state index in [9.17, 15) is 9.59 Å². The van der Waals surface area contributed by atoms with E-state index in [1.54, 1.807) is 6.92 Å². The predicted octanol–water partition coefficient (Wildman–Crippen LogP) is 2.80. The van der Waals surface area contributed by atoms with Crippen LogP contribution in [0.2, 0.25) is 0 Å². The van der Waals surface area contributed by atoms with Gasteiger partial charge in [0.25, 0.3) is 0 Å². The first-order valence-electron chi connectivity index (χ1n) is 9.59. The number of nitrogens with one attached hydrogen (secondary N) is 3. The summed E-state index contributed by atoms with van der Waals surface area (Å²) in [6, 6.07) is 15.3. The van der Waals surface area contributed by atoms with Crippen LogP contribution in [0.5, 0.6) is 0 Å². The lowest BCUT2D eigenvalue weighted by molar-refractivity contribution is -0.129. The molecule has 3 atom stereocenters. The highest BCUT2D eigenvalue weighted by molar-refractivity contribution is 5.90. The third-order valence-electron chi connectivity index (χ3n) is 5.23. The molecule has 3 unspecified atom stereocenters. The molecule has 0 aliphatic heterocycles. The van der Waals surface area contributed by atoms with Crippen LogP contribution in [0.4, 0.5) is 0 Å². The fraction of sp³-hybridized carbons (Fsp3) is 0.318. The molecule has 6 heteroatoms. The number of aromatic amines is 1. The molecule has 144 valence electrons. The SMILES string of the molecule is Cc1ccc(CNC(=O)C(C)NC(=O)C2CC2c2nc3ccccc3[nH]2)cc1. The van der Waals surface area contributed by atoms with Crippen molar-refractivity contribution in [3.8, 4) is 0 Å². The van der Waals surface area contributed by atoms with Crippen LogP contribution in [0.1, 0.15) is 36.2 Å². The number of benzene rings is 2. The van der Waals surface area contributed by atoms with Crippen molar-refractivity contribution >= 4 is 22.8 Å². The summed E-state index contributed by atoms with van der Waals surface area (Å²) in [4.78, 5) is 32.7. The normalized spacial score (nSPS) is 19.2. The van der Waals surface area contributed by atoms with Gasteiger partial charge in [0.1, 0.15) is 11.9 Å². The van der Waals surface area contributed by atoms with E-state index in [-0.39, 0.29) is 23.7 Å². The van der Waals surface area contributed by atoms with Gasteiger partial charge in [0.2, 0.25) is 11.8 Å². The summed E-state index contributed by atoms with van der Waals surface area (Å²) >= 11 is 0. The molecule has 3 N–H and O–H groups in total. The average molecular weight is 376 g/mol. The summed E-state index contributed by atoms with van der Waals surface area (Å²) in [5.41, 5.74) is 4.10. The van der Waals surface area contributed by atoms with Crippen molar-refractivity contribution in [1.29, 1.82) is 0 Å². The molecule has 4 rings (SSSR count). The van der Waals surface area contributed by atoms with Gasteiger partial charge in [-0.05, 0) is 38.0 Å². The van der Waals surface area contributed by atoms with Crippen molar-refractivity contribution in [1.82, 2.24) is 20.6 Å². The summed E-state index contributed by atoms with van der Waals surface area (Å²) in [7, 11) is 0. The zero-order valence-corrected chi connectivity index (χ0v) is 16.0. The Morgan fingerprint density at radius 3 is 2.68 bits per heavy atom. The van der Waals surface area contributed by atoms with Crippen molar-refractivity contribution in [2.75, 3.05) is 0 Å². The lowest BCUT2D eigenvalue weighted by Gasteiger charge is -2.14. The maximum Gasteiger partial charge on any atom is 0.242 e. The predicted molar refractivity (Wildman–Crippen MR) is 108 cm³/mol. The Hall–Kier alpha value is -3.15. The van der Waals surface area contributed by atoms with E-state index in [1.807, 2.05) is 55.5 Å². The Morgan fingerprint density at radius 1 is 1.18 bits per heavy atom. The Morgan fingerprint density at radius 2 is 1.93 bits per heavy atom. The number of amides is 2. The summed E-state index contributed by atoms with van der Waals surface area (Å²) in [6.07, 6.45) is 0.753. The van der Waals surface area contributed by atoms with Gasteiger partial charge >= 0.3 is 0 Å². The number of rotatable bonds is 6. The highest BCUT2D eigenvalue weighted by Crippen LogP contribution is 2.46. The molecule has 2 amide bonds. The highest BCUT2D eigenvalue weighted by atomic mass is 16.2. The van der Waals surface area contributed by atoms with Crippen molar-refractivity contribution in [3.63, 3.8) is 0 Å². The molecule has 1 aliphatic rings. The minimum absolute atomic E-state index is 0.0928. The van der Waals surface area contributed by atoms with Gasteiger partial charge in [-0.1, -0.05) is 42.0 Å². The summed E-state index contributed by atoms with van der Waals surface area (Å²) < 4.78 is 0. The first-order chi connectivity index (χ1) is 13.5. The lowest BCUT2D eigenvalue weighted by atomic mass is 10.1. The molecule has 0 spiro atoms. The van der Waals surface area contributed by atoms with Crippen molar-refractivity contribution in [2.45, 2.75) is 38.8 Å². The van der Waals surface area contributed by atoms with Gasteiger partial charge in [0, 0.05) is 18.4 Å². The van der Waals surface area contributed by atoms with Crippen LogP contribution in [-0.2, 0) is 16.1 Å². The summed E-state index contributed by atoms with van der Waals surface area (Å²) in [6.45, 7) is 4.18. The first-order valence-corrected chi connectivity index (χ1v) is 9.59. The van der Waals surface area contributed by atoms with Crippen LogP contribution in [0.15, 0.2) is 48.5 Å². The van der Waals surface area contributed by atoms with Gasteiger partial charge in [0.15, 0.2) is 0 Å². The second-order valence-electron chi connectivity index (χ2n) is 7.52. The van der Waals surface area contributed by atoms with E-state index < -0.39 is 6.04 Å². The number of aromatic nitrogens is 2. The number of hydrogen-bond donors (Lipinski definition) is 3. The van der Waals surface area contributed by atoms with E-state index >= 15 is 0 Å². The second-order valence-corrected chi connectivity index (χ2v) is 7.52. The number of nitrogens with zero attached hydrogens (tertiary/aromatic N) is 1. The van der Waals surface area contributed by atoms with Gasteiger partial charge in [-0.3, -0.25) is 9.59 Å². The fourth-order valence-electron chi connectivity index (χ4n) is 3.37. The third-order valence-corrected chi connectivity index (χ3v) is 5.23. The van der Waals surface area contributed by atoms with Gasteiger partial charge in [0.05, 0.1) is 11.0 Å². The maximum atomic E-state index is 12.5. The van der Waals surface area contributed by atoms with Crippen LogP contribution in [0.25, 0.3) is 11.0 Å². The number of carbonyl (C=O) groups excluding carboxylic acids is 2. The van der Waals surface area contributed by atoms with Crippen LogP contribution >= 0.6 is 0 Å². The van der Waals surface area contributed by atoms with Gasteiger partial charge in [-0.15, -0.1) is 0 Å². The van der Waals surface area contributed by atoms with Crippen LogP contribution in [0.3, 0.4) is 0 Å². The molecule has 0 bridgehead atoms. The molecular formula is C22H24N4O2. The molecule has 1 aliphatic carbocycles. The highest BCUT2D eigenvalue weighted by Gasteiger charge is 2.46. The molecule has 6 nitrogen and oxygen atoms in total. The molecule has 3 aromatic rings. The van der Waals surface area contributed by atoms with E-state index in [1.165, 1.54) is 5.56 Å². The smallest absolute Gasteiger partial charge is 0.242 e. The van der Waals surface area contributed by atoms with Crippen molar-refractivity contribution in [3.05, 3.63) is 65.5 Å². The third kappa shape index (κ3) is 3.91. The number of carbonyl (C=O) groups is 2. The minimum atomic E-state index is -0.574. The molecule has 1 fully saturated rings. The molecule has 0 saturated heterocycles. The molecule has 0 radical (unpaired) electrons. The molecule has 1 heterocycles. The largest absolute Gasteiger partial charge is 0.350 e. The van der Waals surface area contributed by atoms with E-state index in [0.29, 0.717) is 6.54 Å². The van der Waals surface area contributed by atoms with Gasteiger partial charge < -0.3 is 15.6 Å². The lowest BCUT2D eigenvalue weighted by Crippen LogP contribution is -2.45. The number of fused-ring (bicyclic) bond motifs is 1. The zero-order valence-electron chi connectivity index (χ0n) is 16.0. The average Bonchev–Trinajstić information content (AvgIpc) is 3.39. The van der Waals surface area contributed by atoms with E-state index in [2.05, 4.69) is 20.6 Å². The zero-order chi connectivity index (χ0) is 19.7. The maximum absolute atomic E-state index is 12.5. The van der Waals surface area contributed by atoms with Crippen molar-refractivity contribution in [2.24, 2.45) is 5.92 Å². The molecular weight excluding hydrogens is 352 g/mol. The van der Waals surface area contributed by atoms with Gasteiger partial charge in [-0.2, -0.15) is 0 Å². The van der Waals surface area contributed by atoms with Crippen LogP contribution in [0, 0.1) is 12.8 Å². The number of aryl methyl sites for hydroxylation is 1. The Kier molecular flexibility index (Phi) is 4.86. The Labute approximate surface area is 163 Å². The second kappa shape index (κ2) is 7.46. The summed E-state index contributed by atoms with van der Waals surface area (Å²) in [5.74, 6) is 0.527. The summed E-state index contributed by atoms with van der Waals surface area (Å²) in [5, 5.41) is 5.70. The van der Waals surface area contributed by atoms with E-state index in [4.69, 9.17) is 0 Å². The topological polar surface area (TPSA) is 86.9 Å². The first kappa shape index (κ1) is 18.2. The number of hydrogen-bond acceptors (Lipinski definition) is 3. The fourth-order valence-corrected chi connectivity index (χ4v) is 3.37. The number of imidazole rings is 1. The Balaban J connectivity index is 1.28. The Bertz CT molecular complexity index is 976. The number of H-pyrrole nitrogens is 1. The van der Waals surface area contributed by atoms with Crippen molar-refractivity contribution < 1.29 is 9.59 Å². The standard InChI is InChI=1S/C22H24N4O2/c1-13-7-9-15(10-8-13)12-23-21(27)14(2)24-22(28)17-11-16(17)20-25-18-5-3-4-6-19(18)26-20/h3-10,14,16-17H,11-12H2,1-2H3,(H,23,27)(H,24,28)(H,25,26). The monoisotopic (exact) mass is 376 g/mol. The molecule has 1 saturated carbocycles. The number of para-hydroxylation sites is 2. The van der Waals surface area contributed by atoms with Gasteiger partial charge in [-0.25, -0.2) is 4.98 Å². The quantitative estimate of drug-likeness (QED) is 0.618. The minimum Gasteiger partial charge on any atom is -0.350 e. The van der Waals surface area contributed by atoms with Crippen LogP contribution in [-0.4, -0.2) is 27.8 Å². The molecule has 1 aromatic heterocycles. The van der Waals surface area contributed by atoms with Crippen LogP contribution < -0.4 is 10.6 Å². The van der Waals surface area contributed by atoms with E-state index in [0.717, 1.165) is 28.8 Å².